The number of ether oxygens (including phenoxy) is 1. The molecule has 0 bridgehead atoms. The number of hydrogen-bond acceptors (Lipinski definition) is 7. The van der Waals surface area contributed by atoms with Gasteiger partial charge in [0, 0.05) is 20.1 Å². The van der Waals surface area contributed by atoms with Crippen molar-refractivity contribution in [2.24, 2.45) is 5.41 Å². The molecule has 1 aromatic rings. The minimum atomic E-state index is 0.0233. The quantitative estimate of drug-likeness (QED) is 0.756. The van der Waals surface area contributed by atoms with E-state index in [1.165, 1.54) is 0 Å². The zero-order chi connectivity index (χ0) is 16.0. The van der Waals surface area contributed by atoms with Crippen molar-refractivity contribution in [3.63, 3.8) is 0 Å². The molecular formula is C14H28N6O. The second kappa shape index (κ2) is 7.40. The molecule has 0 aliphatic heterocycles. The van der Waals surface area contributed by atoms with E-state index in [1.54, 1.807) is 7.05 Å². The minimum Gasteiger partial charge on any atom is -0.461 e. The maximum Gasteiger partial charge on any atom is 0.323 e. The molecule has 0 radical (unpaired) electrons. The topological polar surface area (TPSA) is 75.2 Å². The van der Waals surface area contributed by atoms with Crippen LogP contribution in [0.5, 0.6) is 6.01 Å². The Morgan fingerprint density at radius 2 is 1.76 bits per heavy atom. The molecule has 0 saturated heterocycles. The highest BCUT2D eigenvalue weighted by Crippen LogP contribution is 2.18. The largest absolute Gasteiger partial charge is 0.461 e. The van der Waals surface area contributed by atoms with E-state index in [2.05, 4.69) is 58.4 Å². The lowest BCUT2D eigenvalue weighted by Gasteiger charge is -2.28. The Hall–Kier alpha value is -1.63. The first kappa shape index (κ1) is 17.4. The van der Waals surface area contributed by atoms with Gasteiger partial charge in [0.15, 0.2) is 0 Å². The lowest BCUT2D eigenvalue weighted by atomic mass is 9.93. The Morgan fingerprint density at radius 1 is 1.14 bits per heavy atom. The average molecular weight is 296 g/mol. The van der Waals surface area contributed by atoms with E-state index in [0.717, 1.165) is 13.1 Å². The summed E-state index contributed by atoms with van der Waals surface area (Å²) in [5.74, 6) is 1.02. The van der Waals surface area contributed by atoms with Gasteiger partial charge in [-0.2, -0.15) is 15.0 Å². The van der Waals surface area contributed by atoms with Crippen LogP contribution in [0.2, 0.25) is 0 Å². The van der Waals surface area contributed by atoms with Crippen LogP contribution in [0.15, 0.2) is 0 Å². The first-order valence-corrected chi connectivity index (χ1v) is 7.21. The van der Waals surface area contributed by atoms with Crippen LogP contribution in [-0.2, 0) is 0 Å². The molecule has 0 atom stereocenters. The van der Waals surface area contributed by atoms with Gasteiger partial charge < -0.3 is 20.3 Å². The van der Waals surface area contributed by atoms with Crippen LogP contribution in [0.3, 0.4) is 0 Å². The van der Waals surface area contributed by atoms with Crippen LogP contribution < -0.4 is 15.4 Å². The molecule has 0 fully saturated rings. The minimum absolute atomic E-state index is 0.0233. The van der Waals surface area contributed by atoms with Crippen molar-refractivity contribution >= 4 is 11.9 Å². The molecule has 0 spiro atoms. The monoisotopic (exact) mass is 296 g/mol. The molecule has 7 heteroatoms. The average Bonchev–Trinajstić information content (AvgIpc) is 2.34. The molecule has 0 aromatic carbocycles. The van der Waals surface area contributed by atoms with Crippen molar-refractivity contribution < 1.29 is 4.74 Å². The lowest BCUT2D eigenvalue weighted by molar-refractivity contribution is 0.222. The molecule has 0 aliphatic rings. The van der Waals surface area contributed by atoms with Gasteiger partial charge in [0.05, 0.1) is 6.10 Å². The van der Waals surface area contributed by atoms with Gasteiger partial charge in [-0.15, -0.1) is 0 Å². The third-order valence-corrected chi connectivity index (χ3v) is 2.65. The summed E-state index contributed by atoms with van der Waals surface area (Å²) in [7, 11) is 5.91. The molecule has 7 nitrogen and oxygen atoms in total. The highest BCUT2D eigenvalue weighted by molar-refractivity contribution is 5.35. The van der Waals surface area contributed by atoms with E-state index in [-0.39, 0.29) is 11.5 Å². The SMILES string of the molecule is CNc1nc(NCC(C)(C)CN(C)C)nc(OC(C)C)n1. The summed E-state index contributed by atoms with van der Waals surface area (Å²) < 4.78 is 5.54. The van der Waals surface area contributed by atoms with Gasteiger partial charge in [-0.25, -0.2) is 0 Å². The summed E-state index contributed by atoms with van der Waals surface area (Å²) in [6.07, 6.45) is 0.0233. The molecular weight excluding hydrogens is 268 g/mol. The zero-order valence-corrected chi connectivity index (χ0v) is 14.2. The molecule has 120 valence electrons. The third-order valence-electron chi connectivity index (χ3n) is 2.65. The summed E-state index contributed by atoms with van der Waals surface area (Å²) in [5.41, 5.74) is 0.106. The van der Waals surface area contributed by atoms with E-state index in [0.29, 0.717) is 17.9 Å². The number of hydrogen-bond donors (Lipinski definition) is 2. The second-order valence-electron chi connectivity index (χ2n) is 6.44. The van der Waals surface area contributed by atoms with E-state index in [1.807, 2.05) is 13.8 Å². The van der Waals surface area contributed by atoms with Crippen molar-refractivity contribution in [2.75, 3.05) is 44.9 Å². The number of anilines is 2. The maximum absolute atomic E-state index is 5.54. The molecule has 1 rings (SSSR count). The molecule has 21 heavy (non-hydrogen) atoms. The number of nitrogens with zero attached hydrogens (tertiary/aromatic N) is 4. The normalized spacial score (nSPS) is 11.9. The van der Waals surface area contributed by atoms with Gasteiger partial charge >= 0.3 is 6.01 Å². The zero-order valence-electron chi connectivity index (χ0n) is 14.2. The Labute approximate surface area is 127 Å². The predicted octanol–water partition coefficient (Wildman–Crippen LogP) is 1.70. The standard InChI is InChI=1S/C14H28N6O/c1-10(2)21-13-18-11(15-5)17-12(19-13)16-8-14(3,4)9-20(6)7/h10H,8-9H2,1-7H3,(H2,15,16,17,18,19). The third kappa shape index (κ3) is 6.57. The number of nitrogens with one attached hydrogen (secondary N) is 2. The van der Waals surface area contributed by atoms with Crippen LogP contribution in [0.25, 0.3) is 0 Å². The molecule has 0 aliphatic carbocycles. The van der Waals surface area contributed by atoms with Crippen LogP contribution in [0, 0.1) is 5.41 Å². The Balaban J connectivity index is 2.78. The van der Waals surface area contributed by atoms with Gasteiger partial charge in [0.2, 0.25) is 11.9 Å². The summed E-state index contributed by atoms with van der Waals surface area (Å²) in [4.78, 5) is 14.9. The molecule has 1 heterocycles. The van der Waals surface area contributed by atoms with Gasteiger partial charge in [0.25, 0.3) is 0 Å². The molecule has 0 unspecified atom stereocenters. The molecule has 2 N–H and O–H groups in total. The first-order valence-electron chi connectivity index (χ1n) is 7.21. The van der Waals surface area contributed by atoms with Crippen molar-refractivity contribution in [2.45, 2.75) is 33.8 Å². The smallest absolute Gasteiger partial charge is 0.323 e. The van der Waals surface area contributed by atoms with E-state index in [9.17, 15) is 0 Å². The maximum atomic E-state index is 5.54. The van der Waals surface area contributed by atoms with E-state index < -0.39 is 0 Å². The van der Waals surface area contributed by atoms with E-state index >= 15 is 0 Å². The summed E-state index contributed by atoms with van der Waals surface area (Å²) in [6.45, 7) is 10.0. The van der Waals surface area contributed by atoms with Crippen LogP contribution >= 0.6 is 0 Å². The molecule has 0 saturated carbocycles. The fraction of sp³-hybridized carbons (Fsp3) is 0.786. The van der Waals surface area contributed by atoms with Crippen molar-refractivity contribution in [1.82, 2.24) is 19.9 Å². The summed E-state index contributed by atoms with van der Waals surface area (Å²) in [5, 5.41) is 6.19. The van der Waals surface area contributed by atoms with Crippen molar-refractivity contribution in [1.29, 1.82) is 0 Å². The predicted molar refractivity (Wildman–Crippen MR) is 86.0 cm³/mol. The fourth-order valence-electron chi connectivity index (χ4n) is 2.04. The Kier molecular flexibility index (Phi) is 6.14. The molecule has 1 aromatic heterocycles. The first-order chi connectivity index (χ1) is 9.71. The highest BCUT2D eigenvalue weighted by atomic mass is 16.5. The van der Waals surface area contributed by atoms with Gasteiger partial charge in [-0.05, 0) is 33.4 Å². The van der Waals surface area contributed by atoms with Crippen molar-refractivity contribution in [3.05, 3.63) is 0 Å². The van der Waals surface area contributed by atoms with E-state index in [4.69, 9.17) is 4.74 Å². The summed E-state index contributed by atoms with van der Waals surface area (Å²) >= 11 is 0. The number of rotatable bonds is 8. The highest BCUT2D eigenvalue weighted by Gasteiger charge is 2.19. The van der Waals surface area contributed by atoms with Gasteiger partial charge in [-0.1, -0.05) is 13.8 Å². The van der Waals surface area contributed by atoms with Crippen LogP contribution in [0.4, 0.5) is 11.9 Å². The fourth-order valence-corrected chi connectivity index (χ4v) is 2.04. The Morgan fingerprint density at radius 3 is 2.29 bits per heavy atom. The van der Waals surface area contributed by atoms with Gasteiger partial charge in [-0.3, -0.25) is 0 Å². The lowest BCUT2D eigenvalue weighted by Crippen LogP contribution is -2.34. The second-order valence-corrected chi connectivity index (χ2v) is 6.44. The van der Waals surface area contributed by atoms with Crippen LogP contribution in [-0.4, -0.2) is 60.2 Å². The van der Waals surface area contributed by atoms with Crippen molar-refractivity contribution in [3.8, 4) is 6.01 Å². The van der Waals surface area contributed by atoms with Gasteiger partial charge in [0.1, 0.15) is 0 Å². The number of aromatic nitrogens is 3. The van der Waals surface area contributed by atoms with Crippen LogP contribution in [0.1, 0.15) is 27.7 Å². The molecule has 0 amide bonds. The Bertz CT molecular complexity index is 447. The summed E-state index contributed by atoms with van der Waals surface area (Å²) in [6, 6.07) is 0.331.